The summed E-state index contributed by atoms with van der Waals surface area (Å²) in [6, 6.07) is 5.56. The van der Waals surface area contributed by atoms with Crippen LogP contribution in [0.15, 0.2) is 41.4 Å². The summed E-state index contributed by atoms with van der Waals surface area (Å²) >= 11 is 0. The third kappa shape index (κ3) is 3.12. The van der Waals surface area contributed by atoms with Crippen molar-refractivity contribution in [1.82, 2.24) is 15.3 Å². The van der Waals surface area contributed by atoms with Crippen LogP contribution in [0.3, 0.4) is 0 Å². The number of aromatic nitrogens is 2. The number of amides is 1. The van der Waals surface area contributed by atoms with E-state index in [9.17, 15) is 4.79 Å². The van der Waals surface area contributed by atoms with Gasteiger partial charge >= 0.3 is 0 Å². The molecule has 0 unspecified atom stereocenters. The Balaban J connectivity index is 1.33. The monoisotopic (exact) mass is 328 g/mol. The van der Waals surface area contributed by atoms with Crippen LogP contribution in [0.25, 0.3) is 0 Å². The Labute approximate surface area is 140 Å². The molecule has 1 amide bonds. The number of piperidine rings is 1. The van der Waals surface area contributed by atoms with Crippen molar-refractivity contribution in [2.24, 2.45) is 5.92 Å². The second-order valence-corrected chi connectivity index (χ2v) is 6.26. The Morgan fingerprint density at radius 1 is 1.42 bits per heavy atom. The normalized spacial score (nSPS) is 26.2. The van der Waals surface area contributed by atoms with Crippen molar-refractivity contribution in [3.05, 3.63) is 42.7 Å². The predicted octanol–water partition coefficient (Wildman–Crippen LogP) is 1.37. The van der Waals surface area contributed by atoms with Crippen LogP contribution in [0.1, 0.15) is 18.6 Å². The lowest BCUT2D eigenvalue weighted by atomic mass is 9.91. The molecule has 2 aromatic rings. The molecule has 2 aliphatic rings. The number of nitrogens with one attached hydrogen (secondary N) is 1. The lowest BCUT2D eigenvalue weighted by molar-refractivity contribution is -0.132. The van der Waals surface area contributed by atoms with Gasteiger partial charge in [0, 0.05) is 19.3 Å². The van der Waals surface area contributed by atoms with Crippen molar-refractivity contribution in [3.8, 4) is 0 Å². The van der Waals surface area contributed by atoms with Crippen LogP contribution in [0.4, 0.5) is 5.82 Å². The molecule has 0 bridgehead atoms. The topological polar surface area (TPSA) is 80.5 Å². The highest BCUT2D eigenvalue weighted by atomic mass is 16.5. The molecule has 2 aromatic heterocycles. The summed E-state index contributed by atoms with van der Waals surface area (Å²) in [4.78, 5) is 22.8. The van der Waals surface area contributed by atoms with E-state index in [0.717, 1.165) is 37.5 Å². The van der Waals surface area contributed by atoms with Gasteiger partial charge < -0.3 is 19.4 Å². The first-order valence-corrected chi connectivity index (χ1v) is 8.26. The second-order valence-electron chi connectivity index (χ2n) is 6.26. The number of ether oxygens (including phenoxy) is 1. The third-order valence-corrected chi connectivity index (χ3v) is 4.75. The van der Waals surface area contributed by atoms with E-state index in [0.29, 0.717) is 12.5 Å². The molecule has 4 heterocycles. The average Bonchev–Trinajstić information content (AvgIpc) is 3.29. The van der Waals surface area contributed by atoms with E-state index in [1.807, 2.05) is 18.2 Å². The zero-order valence-electron chi connectivity index (χ0n) is 13.3. The number of carbonyl (C=O) groups is 1. The van der Waals surface area contributed by atoms with E-state index >= 15 is 0 Å². The summed E-state index contributed by atoms with van der Waals surface area (Å²) < 4.78 is 11.3. The molecule has 4 rings (SSSR count). The first-order valence-electron chi connectivity index (χ1n) is 8.26. The number of carbonyl (C=O) groups excluding carboxylic acids is 1. The molecule has 2 fully saturated rings. The SMILES string of the molecule is O=C(NCc1ccco1)[C@@H]1C[C@H]2CCN(c3ccncn3)C[C@H]2O1. The number of furan rings is 1. The van der Waals surface area contributed by atoms with Crippen LogP contribution < -0.4 is 10.2 Å². The molecule has 126 valence electrons. The maximum absolute atomic E-state index is 12.3. The molecule has 0 radical (unpaired) electrons. The molecule has 2 aliphatic heterocycles. The fourth-order valence-electron chi connectivity index (χ4n) is 3.48. The number of fused-ring (bicyclic) bond motifs is 1. The molecule has 0 aromatic carbocycles. The van der Waals surface area contributed by atoms with Gasteiger partial charge in [0.15, 0.2) is 0 Å². The molecule has 0 saturated carbocycles. The largest absolute Gasteiger partial charge is 0.467 e. The van der Waals surface area contributed by atoms with Crippen LogP contribution in [-0.2, 0) is 16.1 Å². The summed E-state index contributed by atoms with van der Waals surface area (Å²) in [5.74, 6) is 2.03. The zero-order chi connectivity index (χ0) is 16.4. The smallest absolute Gasteiger partial charge is 0.249 e. The van der Waals surface area contributed by atoms with Gasteiger partial charge in [-0.05, 0) is 37.0 Å². The van der Waals surface area contributed by atoms with Crippen LogP contribution in [0.2, 0.25) is 0 Å². The van der Waals surface area contributed by atoms with Gasteiger partial charge in [0.2, 0.25) is 5.91 Å². The summed E-state index contributed by atoms with van der Waals surface area (Å²) in [5.41, 5.74) is 0. The van der Waals surface area contributed by atoms with Crippen molar-refractivity contribution < 1.29 is 13.9 Å². The third-order valence-electron chi connectivity index (χ3n) is 4.75. The predicted molar refractivity (Wildman–Crippen MR) is 86.2 cm³/mol. The molecular weight excluding hydrogens is 308 g/mol. The van der Waals surface area contributed by atoms with E-state index in [1.165, 1.54) is 0 Å². The lowest BCUT2D eigenvalue weighted by Crippen LogP contribution is -2.43. The first kappa shape index (κ1) is 15.1. The molecule has 24 heavy (non-hydrogen) atoms. The lowest BCUT2D eigenvalue weighted by Gasteiger charge is -2.34. The Bertz CT molecular complexity index is 676. The summed E-state index contributed by atoms with van der Waals surface area (Å²) in [5, 5.41) is 2.89. The molecule has 0 spiro atoms. The number of nitrogens with zero attached hydrogens (tertiary/aromatic N) is 3. The Morgan fingerprint density at radius 2 is 2.38 bits per heavy atom. The Morgan fingerprint density at radius 3 is 3.17 bits per heavy atom. The number of hydrogen-bond donors (Lipinski definition) is 1. The van der Waals surface area contributed by atoms with E-state index < -0.39 is 0 Å². The number of rotatable bonds is 4. The standard InChI is InChI=1S/C17H20N4O3/c22-17(19-9-13-2-1-7-23-13)14-8-12-4-6-21(10-15(12)24-14)16-3-5-18-11-20-16/h1-3,5,7,11-12,14-15H,4,6,8-10H2,(H,19,22)/t12-,14+,15-/m1/s1. The Hall–Kier alpha value is -2.41. The van der Waals surface area contributed by atoms with Crippen LogP contribution in [0, 0.1) is 5.92 Å². The highest BCUT2D eigenvalue weighted by Crippen LogP contribution is 2.34. The second kappa shape index (κ2) is 6.60. The van der Waals surface area contributed by atoms with E-state index in [2.05, 4.69) is 20.2 Å². The van der Waals surface area contributed by atoms with E-state index in [4.69, 9.17) is 9.15 Å². The number of anilines is 1. The van der Waals surface area contributed by atoms with Crippen molar-refractivity contribution >= 4 is 11.7 Å². The van der Waals surface area contributed by atoms with Gasteiger partial charge in [-0.25, -0.2) is 9.97 Å². The van der Waals surface area contributed by atoms with Gasteiger partial charge in [-0.3, -0.25) is 4.79 Å². The first-order chi connectivity index (χ1) is 11.8. The molecule has 0 aliphatic carbocycles. The van der Waals surface area contributed by atoms with Crippen molar-refractivity contribution in [1.29, 1.82) is 0 Å². The van der Waals surface area contributed by atoms with E-state index in [1.54, 1.807) is 18.8 Å². The van der Waals surface area contributed by atoms with Gasteiger partial charge in [0.1, 0.15) is 24.0 Å². The van der Waals surface area contributed by atoms with Gasteiger partial charge in [0.25, 0.3) is 0 Å². The van der Waals surface area contributed by atoms with Crippen molar-refractivity contribution in [2.45, 2.75) is 31.6 Å². The molecule has 7 nitrogen and oxygen atoms in total. The molecule has 7 heteroatoms. The fraction of sp³-hybridized carbons (Fsp3) is 0.471. The highest BCUT2D eigenvalue weighted by Gasteiger charge is 2.42. The summed E-state index contributed by atoms with van der Waals surface area (Å²) in [6.07, 6.45) is 6.40. The van der Waals surface area contributed by atoms with Gasteiger partial charge in [-0.2, -0.15) is 0 Å². The Kier molecular flexibility index (Phi) is 4.17. The molecular formula is C17H20N4O3. The molecule has 1 N–H and O–H groups in total. The van der Waals surface area contributed by atoms with Gasteiger partial charge in [-0.15, -0.1) is 0 Å². The summed E-state index contributed by atoms with van der Waals surface area (Å²) in [6.45, 7) is 2.10. The number of hydrogen-bond acceptors (Lipinski definition) is 6. The maximum atomic E-state index is 12.3. The molecule has 3 atom stereocenters. The zero-order valence-corrected chi connectivity index (χ0v) is 13.3. The van der Waals surface area contributed by atoms with Gasteiger partial charge in [0.05, 0.1) is 18.9 Å². The van der Waals surface area contributed by atoms with E-state index in [-0.39, 0.29) is 18.1 Å². The van der Waals surface area contributed by atoms with Crippen LogP contribution >= 0.6 is 0 Å². The minimum Gasteiger partial charge on any atom is -0.467 e. The molecule has 2 saturated heterocycles. The summed E-state index contributed by atoms with van der Waals surface area (Å²) in [7, 11) is 0. The maximum Gasteiger partial charge on any atom is 0.249 e. The van der Waals surface area contributed by atoms with Crippen molar-refractivity contribution in [3.63, 3.8) is 0 Å². The van der Waals surface area contributed by atoms with Gasteiger partial charge in [-0.1, -0.05) is 0 Å². The minimum atomic E-state index is -0.375. The highest BCUT2D eigenvalue weighted by molar-refractivity contribution is 5.81. The average molecular weight is 328 g/mol. The van der Waals surface area contributed by atoms with Crippen LogP contribution in [0.5, 0.6) is 0 Å². The minimum absolute atomic E-state index is 0.0608. The van der Waals surface area contributed by atoms with Crippen molar-refractivity contribution in [2.75, 3.05) is 18.0 Å². The quantitative estimate of drug-likeness (QED) is 0.913. The van der Waals surface area contributed by atoms with Crippen LogP contribution in [-0.4, -0.2) is 41.2 Å². The fourth-order valence-corrected chi connectivity index (χ4v) is 3.48.